The summed E-state index contributed by atoms with van der Waals surface area (Å²) >= 11 is 0. The molecule has 2 aliphatic heterocycles. The molecule has 0 saturated carbocycles. The molecule has 0 spiro atoms. The van der Waals surface area contributed by atoms with Gasteiger partial charge in [-0.25, -0.2) is 0 Å². The highest BCUT2D eigenvalue weighted by molar-refractivity contribution is 5.79. The van der Waals surface area contributed by atoms with Crippen LogP contribution in [-0.2, 0) is 4.79 Å². The molecule has 2 heterocycles. The summed E-state index contributed by atoms with van der Waals surface area (Å²) in [5, 5.41) is 6.52. The molecular weight excluding hydrogens is 302 g/mol. The molecule has 5 nitrogen and oxygen atoms in total. The number of nitrogens with zero attached hydrogens (tertiary/aromatic N) is 1. The van der Waals surface area contributed by atoms with Gasteiger partial charge in [-0.3, -0.25) is 9.69 Å². The molecule has 2 fully saturated rings. The van der Waals surface area contributed by atoms with E-state index in [0.717, 1.165) is 44.8 Å². The van der Waals surface area contributed by atoms with Gasteiger partial charge in [0.05, 0.1) is 19.1 Å². The van der Waals surface area contributed by atoms with Gasteiger partial charge < -0.3 is 15.4 Å². The molecule has 2 saturated heterocycles. The van der Waals surface area contributed by atoms with Crippen LogP contribution in [0.1, 0.15) is 37.3 Å². The molecule has 1 aromatic rings. The van der Waals surface area contributed by atoms with Crippen LogP contribution in [0.4, 0.5) is 0 Å². The Kier molecular flexibility index (Phi) is 6.10. The van der Waals surface area contributed by atoms with Gasteiger partial charge >= 0.3 is 0 Å². The van der Waals surface area contributed by atoms with Crippen molar-refractivity contribution < 1.29 is 9.53 Å². The van der Waals surface area contributed by atoms with Gasteiger partial charge in [-0.1, -0.05) is 18.2 Å². The molecule has 2 aliphatic rings. The number of nitrogens with one attached hydrogen (secondary N) is 2. The molecule has 2 unspecified atom stereocenters. The lowest BCUT2D eigenvalue weighted by atomic mass is 9.98. The third kappa shape index (κ3) is 4.08. The molecule has 2 atom stereocenters. The molecule has 2 N–H and O–H groups in total. The molecule has 24 heavy (non-hydrogen) atoms. The van der Waals surface area contributed by atoms with Crippen LogP contribution < -0.4 is 15.4 Å². The van der Waals surface area contributed by atoms with E-state index in [0.29, 0.717) is 6.54 Å². The molecule has 0 bridgehead atoms. The third-order valence-corrected chi connectivity index (χ3v) is 5.22. The van der Waals surface area contributed by atoms with Crippen molar-refractivity contribution in [3.8, 4) is 5.75 Å². The largest absolute Gasteiger partial charge is 0.496 e. The minimum absolute atomic E-state index is 0.107. The summed E-state index contributed by atoms with van der Waals surface area (Å²) in [6.07, 6.45) is 4.53. The molecular formula is C19H29N3O2. The second kappa shape index (κ2) is 8.49. The summed E-state index contributed by atoms with van der Waals surface area (Å²) in [7, 11) is 1.71. The molecule has 3 rings (SSSR count). The zero-order valence-corrected chi connectivity index (χ0v) is 14.6. The second-order valence-electron chi connectivity index (χ2n) is 6.79. The van der Waals surface area contributed by atoms with Crippen molar-refractivity contribution in [3.05, 3.63) is 29.8 Å². The van der Waals surface area contributed by atoms with Crippen molar-refractivity contribution in [3.63, 3.8) is 0 Å². The quantitative estimate of drug-likeness (QED) is 0.837. The van der Waals surface area contributed by atoms with E-state index >= 15 is 0 Å². The van der Waals surface area contributed by atoms with Crippen LogP contribution >= 0.6 is 0 Å². The second-order valence-corrected chi connectivity index (χ2v) is 6.79. The summed E-state index contributed by atoms with van der Waals surface area (Å²) in [6, 6.07) is 8.36. The fraction of sp³-hybridized carbons (Fsp3) is 0.632. The Morgan fingerprint density at radius 2 is 2.12 bits per heavy atom. The lowest BCUT2D eigenvalue weighted by Gasteiger charge is -2.30. The predicted molar refractivity (Wildman–Crippen MR) is 95.1 cm³/mol. The average molecular weight is 331 g/mol. The number of ether oxygens (including phenoxy) is 1. The zero-order chi connectivity index (χ0) is 16.8. The Hall–Kier alpha value is -1.59. The number of carbonyl (C=O) groups excluding carboxylic acids is 1. The van der Waals surface area contributed by atoms with Gasteiger partial charge in [0.25, 0.3) is 0 Å². The first-order chi connectivity index (χ1) is 11.8. The van der Waals surface area contributed by atoms with E-state index in [-0.39, 0.29) is 17.9 Å². The van der Waals surface area contributed by atoms with Crippen LogP contribution in [0.15, 0.2) is 24.3 Å². The average Bonchev–Trinajstić information content (AvgIpc) is 3.17. The monoisotopic (exact) mass is 331 g/mol. The topological polar surface area (TPSA) is 53.6 Å². The number of carbonyl (C=O) groups is 1. The molecule has 5 heteroatoms. The van der Waals surface area contributed by atoms with Crippen molar-refractivity contribution in [2.75, 3.05) is 39.8 Å². The number of benzene rings is 1. The number of rotatable bonds is 6. The molecule has 0 radical (unpaired) electrons. The van der Waals surface area contributed by atoms with Crippen molar-refractivity contribution in [1.82, 2.24) is 15.5 Å². The Bertz CT molecular complexity index is 537. The number of para-hydroxylation sites is 1. The summed E-state index contributed by atoms with van der Waals surface area (Å²) in [5.41, 5.74) is 1.17. The standard InChI is InChI=1S/C19H29N3O2/c1-24-18-9-3-2-8-16(18)17(22-11-4-5-12-22)14-21-19(23)15-7-6-10-20-13-15/h2-3,8-9,15,17,20H,4-7,10-14H2,1H3,(H,21,23). The Balaban J connectivity index is 1.69. The first-order valence-corrected chi connectivity index (χ1v) is 9.15. The van der Waals surface area contributed by atoms with Crippen LogP contribution in [0.2, 0.25) is 0 Å². The maximum Gasteiger partial charge on any atom is 0.224 e. The first-order valence-electron chi connectivity index (χ1n) is 9.15. The number of hydrogen-bond acceptors (Lipinski definition) is 4. The minimum atomic E-state index is 0.107. The third-order valence-electron chi connectivity index (χ3n) is 5.22. The SMILES string of the molecule is COc1ccccc1C(CNC(=O)C1CCCNC1)N1CCCC1. The van der Waals surface area contributed by atoms with Crippen molar-refractivity contribution in [2.24, 2.45) is 5.92 Å². The van der Waals surface area contributed by atoms with Crippen LogP contribution in [0.3, 0.4) is 0 Å². The van der Waals surface area contributed by atoms with Crippen molar-refractivity contribution in [2.45, 2.75) is 31.7 Å². The first kappa shape index (κ1) is 17.2. The van der Waals surface area contributed by atoms with Gasteiger partial charge in [0, 0.05) is 18.7 Å². The fourth-order valence-corrected chi connectivity index (χ4v) is 3.85. The Morgan fingerprint density at radius 3 is 2.83 bits per heavy atom. The number of likely N-dealkylation sites (tertiary alicyclic amines) is 1. The highest BCUT2D eigenvalue weighted by Gasteiger charge is 2.28. The minimum Gasteiger partial charge on any atom is -0.496 e. The maximum absolute atomic E-state index is 12.5. The number of hydrogen-bond donors (Lipinski definition) is 2. The van der Waals surface area contributed by atoms with Crippen LogP contribution in [0, 0.1) is 5.92 Å². The van der Waals surface area contributed by atoms with E-state index < -0.39 is 0 Å². The van der Waals surface area contributed by atoms with E-state index in [1.54, 1.807) is 7.11 Å². The van der Waals surface area contributed by atoms with Gasteiger partial charge in [-0.05, 0) is 51.4 Å². The summed E-state index contributed by atoms with van der Waals surface area (Å²) in [6.45, 7) is 4.65. The lowest BCUT2D eigenvalue weighted by molar-refractivity contribution is -0.125. The number of piperidine rings is 1. The van der Waals surface area contributed by atoms with Crippen LogP contribution in [0.25, 0.3) is 0 Å². The zero-order valence-electron chi connectivity index (χ0n) is 14.6. The number of methoxy groups -OCH3 is 1. The van der Waals surface area contributed by atoms with Crippen LogP contribution in [-0.4, -0.2) is 50.6 Å². The van der Waals surface area contributed by atoms with E-state index in [9.17, 15) is 4.79 Å². The van der Waals surface area contributed by atoms with Gasteiger partial charge in [-0.15, -0.1) is 0 Å². The smallest absolute Gasteiger partial charge is 0.224 e. The van der Waals surface area contributed by atoms with Crippen LogP contribution in [0.5, 0.6) is 5.75 Å². The fourth-order valence-electron chi connectivity index (χ4n) is 3.85. The highest BCUT2D eigenvalue weighted by Crippen LogP contribution is 2.31. The Labute approximate surface area is 144 Å². The molecule has 1 amide bonds. The van der Waals surface area contributed by atoms with E-state index in [1.165, 1.54) is 18.4 Å². The predicted octanol–water partition coefficient (Wildman–Crippen LogP) is 1.95. The molecule has 0 aromatic heterocycles. The maximum atomic E-state index is 12.5. The highest BCUT2D eigenvalue weighted by atomic mass is 16.5. The molecule has 1 aromatic carbocycles. The van der Waals surface area contributed by atoms with E-state index in [4.69, 9.17) is 4.74 Å². The number of amides is 1. The molecule has 132 valence electrons. The summed E-state index contributed by atoms with van der Waals surface area (Å²) in [4.78, 5) is 15.0. The van der Waals surface area contributed by atoms with Gasteiger partial charge in [-0.2, -0.15) is 0 Å². The normalized spacial score (nSPS) is 23.0. The summed E-state index contributed by atoms with van der Waals surface area (Å²) < 4.78 is 5.56. The summed E-state index contributed by atoms with van der Waals surface area (Å²) in [5.74, 6) is 1.19. The van der Waals surface area contributed by atoms with Crippen molar-refractivity contribution in [1.29, 1.82) is 0 Å². The lowest BCUT2D eigenvalue weighted by Crippen LogP contribution is -2.43. The van der Waals surface area contributed by atoms with E-state index in [1.807, 2.05) is 18.2 Å². The Morgan fingerprint density at radius 1 is 1.33 bits per heavy atom. The van der Waals surface area contributed by atoms with Gasteiger partial charge in [0.2, 0.25) is 5.91 Å². The van der Waals surface area contributed by atoms with Crippen molar-refractivity contribution >= 4 is 5.91 Å². The van der Waals surface area contributed by atoms with Gasteiger partial charge in [0.15, 0.2) is 0 Å². The molecule has 0 aliphatic carbocycles. The van der Waals surface area contributed by atoms with E-state index in [2.05, 4.69) is 21.6 Å². The van der Waals surface area contributed by atoms with Gasteiger partial charge in [0.1, 0.15) is 5.75 Å².